The number of alkyl halides is 1. The topological polar surface area (TPSA) is 29.1 Å². The summed E-state index contributed by atoms with van der Waals surface area (Å²) < 4.78 is 0. The molecule has 1 aliphatic rings. The van der Waals surface area contributed by atoms with Crippen LogP contribution < -0.4 is 5.32 Å². The number of hydrogen-bond donors (Lipinski definition) is 1. The van der Waals surface area contributed by atoms with E-state index < -0.39 is 0 Å². The zero-order valence-corrected chi connectivity index (χ0v) is 14.0. The molecule has 0 atom stereocenters. The van der Waals surface area contributed by atoms with E-state index in [0.29, 0.717) is 12.4 Å². The van der Waals surface area contributed by atoms with Gasteiger partial charge in [-0.25, -0.2) is 0 Å². The second-order valence-corrected chi connectivity index (χ2v) is 7.92. The van der Waals surface area contributed by atoms with Crippen LogP contribution in [0.2, 0.25) is 0 Å². The Morgan fingerprint density at radius 1 is 1.35 bits per heavy atom. The molecule has 1 aromatic heterocycles. The molecule has 2 rings (SSSR count). The number of halogens is 1. The van der Waals surface area contributed by atoms with Crippen molar-refractivity contribution in [2.24, 2.45) is 5.41 Å². The lowest BCUT2D eigenvalue weighted by atomic mass is 9.90. The maximum absolute atomic E-state index is 12.3. The summed E-state index contributed by atoms with van der Waals surface area (Å²) in [4.78, 5) is 14.6. The molecular formula is C16H24ClNOS. The molecule has 2 nitrogen and oxygen atoms in total. The van der Waals surface area contributed by atoms with Crippen LogP contribution in [0.5, 0.6) is 0 Å². The molecule has 0 unspecified atom stereocenters. The van der Waals surface area contributed by atoms with Gasteiger partial charge in [-0.2, -0.15) is 0 Å². The molecule has 0 aromatic carbocycles. The van der Waals surface area contributed by atoms with Gasteiger partial charge in [0.25, 0.3) is 5.91 Å². The third-order valence-corrected chi connectivity index (χ3v) is 5.39. The van der Waals surface area contributed by atoms with Crippen molar-refractivity contribution in [2.75, 3.05) is 12.4 Å². The Kier molecular flexibility index (Phi) is 5.50. The van der Waals surface area contributed by atoms with Gasteiger partial charge in [-0.1, -0.05) is 20.3 Å². The SMILES string of the molecule is CC(C)(CCCl)CNC(=O)c1cc2c(s1)CCCCC2. The van der Waals surface area contributed by atoms with E-state index in [1.807, 2.05) is 0 Å². The van der Waals surface area contributed by atoms with Crippen LogP contribution in [0.4, 0.5) is 0 Å². The van der Waals surface area contributed by atoms with E-state index >= 15 is 0 Å². The lowest BCUT2D eigenvalue weighted by Gasteiger charge is -2.23. The van der Waals surface area contributed by atoms with Gasteiger partial charge in [0, 0.05) is 17.3 Å². The molecule has 20 heavy (non-hydrogen) atoms. The van der Waals surface area contributed by atoms with Gasteiger partial charge >= 0.3 is 0 Å². The van der Waals surface area contributed by atoms with Crippen LogP contribution in [0, 0.1) is 5.41 Å². The highest BCUT2D eigenvalue weighted by atomic mass is 35.5. The highest BCUT2D eigenvalue weighted by Crippen LogP contribution is 2.29. The lowest BCUT2D eigenvalue weighted by Crippen LogP contribution is -2.33. The summed E-state index contributed by atoms with van der Waals surface area (Å²) in [5.41, 5.74) is 1.46. The zero-order valence-electron chi connectivity index (χ0n) is 12.4. The predicted octanol–water partition coefficient (Wildman–Crippen LogP) is 4.40. The number of rotatable bonds is 5. The van der Waals surface area contributed by atoms with Gasteiger partial charge in [0.15, 0.2) is 0 Å². The van der Waals surface area contributed by atoms with Crippen LogP contribution in [0.15, 0.2) is 6.07 Å². The molecule has 4 heteroatoms. The van der Waals surface area contributed by atoms with E-state index in [9.17, 15) is 4.79 Å². The molecule has 112 valence electrons. The first-order valence-corrected chi connectivity index (χ1v) is 8.83. The summed E-state index contributed by atoms with van der Waals surface area (Å²) in [6.07, 6.45) is 7.03. The first-order valence-electron chi connectivity index (χ1n) is 7.47. The molecule has 1 N–H and O–H groups in total. The molecule has 1 aromatic rings. The fourth-order valence-corrected chi connectivity index (χ4v) is 4.21. The van der Waals surface area contributed by atoms with Gasteiger partial charge in [-0.3, -0.25) is 4.79 Å². The Morgan fingerprint density at radius 2 is 2.10 bits per heavy atom. The molecule has 1 aliphatic carbocycles. The van der Waals surface area contributed by atoms with Crippen LogP contribution in [-0.4, -0.2) is 18.3 Å². The summed E-state index contributed by atoms with van der Waals surface area (Å²) in [7, 11) is 0. The fraction of sp³-hybridized carbons (Fsp3) is 0.688. The maximum Gasteiger partial charge on any atom is 0.261 e. The molecule has 0 fully saturated rings. The van der Waals surface area contributed by atoms with Crippen LogP contribution >= 0.6 is 22.9 Å². The van der Waals surface area contributed by atoms with Crippen LogP contribution in [0.25, 0.3) is 0 Å². The summed E-state index contributed by atoms with van der Waals surface area (Å²) in [6.45, 7) is 4.96. The Morgan fingerprint density at radius 3 is 2.85 bits per heavy atom. The third kappa shape index (κ3) is 4.23. The van der Waals surface area contributed by atoms with Crippen LogP contribution in [0.3, 0.4) is 0 Å². The lowest BCUT2D eigenvalue weighted by molar-refractivity contribution is 0.0940. The molecule has 0 radical (unpaired) electrons. The van der Waals surface area contributed by atoms with Crippen molar-refractivity contribution in [3.63, 3.8) is 0 Å². The Hall–Kier alpha value is -0.540. The highest BCUT2D eigenvalue weighted by molar-refractivity contribution is 7.14. The number of hydrogen-bond acceptors (Lipinski definition) is 2. The molecule has 1 amide bonds. The third-order valence-electron chi connectivity index (χ3n) is 3.97. The first-order chi connectivity index (χ1) is 9.52. The minimum absolute atomic E-state index is 0.0613. The van der Waals surface area contributed by atoms with Crippen molar-refractivity contribution in [1.29, 1.82) is 0 Å². The standard InChI is InChI=1S/C16H24ClNOS/c1-16(2,8-9-17)11-18-15(19)14-10-12-6-4-3-5-7-13(12)20-14/h10H,3-9,11H2,1-2H3,(H,18,19). The first kappa shape index (κ1) is 15.8. The van der Waals surface area contributed by atoms with Gasteiger partial charge < -0.3 is 5.32 Å². The Balaban J connectivity index is 1.96. The van der Waals surface area contributed by atoms with Gasteiger partial charge in [-0.05, 0) is 49.1 Å². The monoisotopic (exact) mass is 313 g/mol. The number of aryl methyl sites for hydroxylation is 2. The smallest absolute Gasteiger partial charge is 0.261 e. The van der Waals surface area contributed by atoms with Gasteiger partial charge in [0.1, 0.15) is 0 Å². The van der Waals surface area contributed by atoms with Gasteiger partial charge in [0.05, 0.1) is 4.88 Å². The maximum atomic E-state index is 12.3. The largest absolute Gasteiger partial charge is 0.351 e. The summed E-state index contributed by atoms with van der Waals surface area (Å²) >= 11 is 7.47. The second-order valence-electron chi connectivity index (χ2n) is 6.41. The fourth-order valence-electron chi connectivity index (χ4n) is 2.53. The molecular weight excluding hydrogens is 290 g/mol. The number of carbonyl (C=O) groups excluding carboxylic acids is 1. The molecule has 0 saturated carbocycles. The average molecular weight is 314 g/mol. The Bertz CT molecular complexity index is 444. The van der Waals surface area contributed by atoms with Crippen molar-refractivity contribution in [3.05, 3.63) is 21.4 Å². The highest BCUT2D eigenvalue weighted by Gasteiger charge is 2.20. The molecule has 0 saturated heterocycles. The molecule has 0 spiro atoms. The van der Waals surface area contributed by atoms with E-state index in [1.54, 1.807) is 11.3 Å². The van der Waals surface area contributed by atoms with Crippen molar-refractivity contribution in [2.45, 2.75) is 52.4 Å². The van der Waals surface area contributed by atoms with Crippen molar-refractivity contribution < 1.29 is 4.79 Å². The van der Waals surface area contributed by atoms with Crippen LogP contribution in [0.1, 0.15) is 59.6 Å². The number of fused-ring (bicyclic) bond motifs is 1. The van der Waals surface area contributed by atoms with Gasteiger partial charge in [0.2, 0.25) is 0 Å². The summed E-state index contributed by atoms with van der Waals surface area (Å²) in [6, 6.07) is 2.11. The zero-order chi connectivity index (χ0) is 14.6. The van der Waals surface area contributed by atoms with E-state index in [0.717, 1.165) is 24.1 Å². The average Bonchev–Trinajstić information content (AvgIpc) is 2.68. The summed E-state index contributed by atoms with van der Waals surface area (Å²) in [5, 5.41) is 3.06. The molecule has 0 bridgehead atoms. The summed E-state index contributed by atoms with van der Waals surface area (Å²) in [5.74, 6) is 0.710. The molecule has 1 heterocycles. The van der Waals surface area contributed by atoms with Crippen molar-refractivity contribution >= 4 is 28.8 Å². The quantitative estimate of drug-likeness (QED) is 0.633. The number of carbonyl (C=O) groups is 1. The number of amides is 1. The van der Waals surface area contributed by atoms with E-state index in [4.69, 9.17) is 11.6 Å². The van der Waals surface area contributed by atoms with Gasteiger partial charge in [-0.15, -0.1) is 22.9 Å². The number of nitrogens with one attached hydrogen (secondary N) is 1. The minimum atomic E-state index is 0.0613. The van der Waals surface area contributed by atoms with E-state index in [-0.39, 0.29) is 11.3 Å². The van der Waals surface area contributed by atoms with E-state index in [2.05, 4.69) is 25.2 Å². The van der Waals surface area contributed by atoms with Crippen molar-refractivity contribution in [3.8, 4) is 0 Å². The van der Waals surface area contributed by atoms with E-state index in [1.165, 1.54) is 29.7 Å². The Labute approximate surface area is 130 Å². The van der Waals surface area contributed by atoms with Crippen molar-refractivity contribution in [1.82, 2.24) is 5.32 Å². The van der Waals surface area contributed by atoms with Crippen LogP contribution in [-0.2, 0) is 12.8 Å². The second kappa shape index (κ2) is 6.95. The molecule has 0 aliphatic heterocycles. The predicted molar refractivity (Wildman–Crippen MR) is 87.0 cm³/mol. The minimum Gasteiger partial charge on any atom is -0.351 e. The normalized spacial score (nSPS) is 15.6. The number of thiophene rings is 1.